The molecule has 1 amide bonds. The van der Waals surface area contributed by atoms with E-state index < -0.39 is 11.5 Å². The molecular formula is C20H14N2O3S. The summed E-state index contributed by atoms with van der Waals surface area (Å²) in [6.07, 6.45) is 0. The fourth-order valence-electron chi connectivity index (χ4n) is 2.70. The number of nitrogens with one attached hydrogen (secondary N) is 1. The number of benzene rings is 2. The molecule has 0 fully saturated rings. The van der Waals surface area contributed by atoms with Crippen LogP contribution in [0.15, 0.2) is 69.2 Å². The molecule has 5 nitrogen and oxygen atoms in total. The number of rotatable bonds is 3. The van der Waals surface area contributed by atoms with Gasteiger partial charge in [-0.1, -0.05) is 42.5 Å². The number of anilines is 1. The number of amides is 1. The maximum atomic E-state index is 12.5. The number of carbonyl (C=O) groups is 1. The van der Waals surface area contributed by atoms with Crippen molar-refractivity contribution >= 4 is 33.3 Å². The Labute approximate surface area is 152 Å². The molecular weight excluding hydrogens is 348 g/mol. The molecule has 6 heteroatoms. The van der Waals surface area contributed by atoms with Crippen LogP contribution in [0.3, 0.4) is 0 Å². The van der Waals surface area contributed by atoms with Crippen molar-refractivity contribution < 1.29 is 9.21 Å². The molecule has 0 radical (unpaired) electrons. The first kappa shape index (κ1) is 16.2. The number of aromatic nitrogens is 1. The van der Waals surface area contributed by atoms with Gasteiger partial charge in [-0.3, -0.25) is 10.1 Å². The lowest BCUT2D eigenvalue weighted by Crippen LogP contribution is -2.20. The van der Waals surface area contributed by atoms with Crippen LogP contribution < -0.4 is 10.9 Å². The van der Waals surface area contributed by atoms with Crippen molar-refractivity contribution in [2.45, 2.75) is 6.92 Å². The van der Waals surface area contributed by atoms with Crippen LogP contribution in [0.2, 0.25) is 0 Å². The zero-order valence-electron chi connectivity index (χ0n) is 13.9. The summed E-state index contributed by atoms with van der Waals surface area (Å²) in [4.78, 5) is 29.0. The van der Waals surface area contributed by atoms with E-state index >= 15 is 0 Å². The number of nitrogens with zero attached hydrogens (tertiary/aromatic N) is 1. The highest BCUT2D eigenvalue weighted by Gasteiger charge is 2.16. The SMILES string of the molecule is Cc1ccccc1-c1csc(NC(=O)c2cc3ccccc3oc2=O)n1. The van der Waals surface area contributed by atoms with Gasteiger partial charge in [-0.2, -0.15) is 0 Å². The van der Waals surface area contributed by atoms with Crippen LogP contribution in [-0.2, 0) is 0 Å². The second-order valence-electron chi connectivity index (χ2n) is 5.79. The van der Waals surface area contributed by atoms with E-state index in [1.165, 1.54) is 17.4 Å². The largest absolute Gasteiger partial charge is 0.422 e. The van der Waals surface area contributed by atoms with Gasteiger partial charge in [-0.15, -0.1) is 11.3 Å². The van der Waals surface area contributed by atoms with Gasteiger partial charge >= 0.3 is 5.63 Å². The molecule has 128 valence electrons. The fraction of sp³-hybridized carbons (Fsp3) is 0.0500. The van der Waals surface area contributed by atoms with Crippen molar-refractivity contribution in [2.24, 2.45) is 0 Å². The molecule has 0 atom stereocenters. The molecule has 0 aliphatic heterocycles. The van der Waals surface area contributed by atoms with Crippen molar-refractivity contribution in [1.29, 1.82) is 0 Å². The van der Waals surface area contributed by atoms with Crippen LogP contribution in [0.25, 0.3) is 22.2 Å². The number of para-hydroxylation sites is 1. The van der Waals surface area contributed by atoms with Gasteiger partial charge in [0.15, 0.2) is 5.13 Å². The molecule has 0 aliphatic carbocycles. The van der Waals surface area contributed by atoms with Crippen LogP contribution in [0, 0.1) is 6.92 Å². The van der Waals surface area contributed by atoms with E-state index in [0.717, 1.165) is 16.8 Å². The lowest BCUT2D eigenvalue weighted by atomic mass is 10.1. The third kappa shape index (κ3) is 3.02. The van der Waals surface area contributed by atoms with Gasteiger partial charge in [-0.05, 0) is 24.6 Å². The monoisotopic (exact) mass is 362 g/mol. The van der Waals surface area contributed by atoms with Crippen molar-refractivity contribution in [3.05, 3.63) is 81.5 Å². The van der Waals surface area contributed by atoms with Crippen LogP contribution in [0.5, 0.6) is 0 Å². The van der Waals surface area contributed by atoms with Gasteiger partial charge in [-0.25, -0.2) is 9.78 Å². The maximum absolute atomic E-state index is 12.5. The van der Waals surface area contributed by atoms with Gasteiger partial charge in [0.05, 0.1) is 5.69 Å². The highest BCUT2D eigenvalue weighted by molar-refractivity contribution is 7.14. The summed E-state index contributed by atoms with van der Waals surface area (Å²) < 4.78 is 5.21. The Bertz CT molecular complexity index is 1180. The fourth-order valence-corrected chi connectivity index (χ4v) is 3.41. The molecule has 0 spiro atoms. The third-order valence-corrected chi connectivity index (χ3v) is 4.79. The lowest BCUT2D eigenvalue weighted by Gasteiger charge is -2.03. The summed E-state index contributed by atoms with van der Waals surface area (Å²) in [6, 6.07) is 16.5. The van der Waals surface area contributed by atoms with E-state index in [0.29, 0.717) is 16.1 Å². The van der Waals surface area contributed by atoms with E-state index in [2.05, 4.69) is 10.3 Å². The summed E-state index contributed by atoms with van der Waals surface area (Å²) >= 11 is 1.31. The minimum absolute atomic E-state index is 0.0451. The zero-order valence-corrected chi connectivity index (χ0v) is 14.7. The number of hydrogen-bond acceptors (Lipinski definition) is 5. The molecule has 1 N–H and O–H groups in total. The standard InChI is InChI=1S/C20H14N2O3S/c1-12-6-2-4-8-14(12)16-11-26-20(21-16)22-18(23)15-10-13-7-3-5-9-17(13)25-19(15)24/h2-11H,1H3,(H,21,22,23). The molecule has 2 aromatic carbocycles. The van der Waals surface area contributed by atoms with Crippen LogP contribution in [0.1, 0.15) is 15.9 Å². The topological polar surface area (TPSA) is 72.2 Å². The minimum atomic E-state index is -0.670. The maximum Gasteiger partial charge on any atom is 0.349 e. The first-order valence-corrected chi connectivity index (χ1v) is 8.85. The van der Waals surface area contributed by atoms with Crippen molar-refractivity contribution in [3.8, 4) is 11.3 Å². The Morgan fingerprint density at radius 3 is 2.73 bits per heavy atom. The molecule has 2 aromatic heterocycles. The van der Waals surface area contributed by atoms with Gasteiger partial charge in [0.2, 0.25) is 0 Å². The summed E-state index contributed by atoms with van der Waals surface area (Å²) in [7, 11) is 0. The van der Waals surface area contributed by atoms with E-state index in [1.54, 1.807) is 18.2 Å². The Morgan fingerprint density at radius 2 is 1.88 bits per heavy atom. The van der Waals surface area contributed by atoms with E-state index in [9.17, 15) is 9.59 Å². The first-order valence-electron chi connectivity index (χ1n) is 7.97. The molecule has 26 heavy (non-hydrogen) atoms. The molecule has 4 aromatic rings. The summed E-state index contributed by atoms with van der Waals surface area (Å²) in [5.41, 5.74) is 2.63. The highest BCUT2D eigenvalue weighted by atomic mass is 32.1. The van der Waals surface area contributed by atoms with E-state index in [1.807, 2.05) is 42.6 Å². The predicted octanol–water partition coefficient (Wildman–Crippen LogP) is 4.48. The van der Waals surface area contributed by atoms with Gasteiger partial charge in [0.1, 0.15) is 11.1 Å². The number of carbonyl (C=O) groups excluding carboxylic acids is 1. The van der Waals surface area contributed by atoms with Crippen molar-refractivity contribution in [2.75, 3.05) is 5.32 Å². The normalized spacial score (nSPS) is 10.8. The predicted molar refractivity (Wildman–Crippen MR) is 103 cm³/mol. The zero-order chi connectivity index (χ0) is 18.1. The molecule has 4 rings (SSSR count). The van der Waals surface area contributed by atoms with Gasteiger partial charge < -0.3 is 4.42 Å². The van der Waals surface area contributed by atoms with Crippen molar-refractivity contribution in [1.82, 2.24) is 4.98 Å². The van der Waals surface area contributed by atoms with Crippen LogP contribution >= 0.6 is 11.3 Å². The summed E-state index contributed by atoms with van der Waals surface area (Å²) in [6.45, 7) is 2.01. The summed E-state index contributed by atoms with van der Waals surface area (Å²) in [5.74, 6) is -0.532. The van der Waals surface area contributed by atoms with Gasteiger partial charge in [0.25, 0.3) is 5.91 Å². The number of hydrogen-bond donors (Lipinski definition) is 1. The number of aryl methyl sites for hydroxylation is 1. The molecule has 0 aliphatic rings. The van der Waals surface area contributed by atoms with Crippen LogP contribution in [-0.4, -0.2) is 10.9 Å². The first-order chi connectivity index (χ1) is 12.6. The number of fused-ring (bicyclic) bond motifs is 1. The Morgan fingerprint density at radius 1 is 1.12 bits per heavy atom. The quantitative estimate of drug-likeness (QED) is 0.546. The van der Waals surface area contributed by atoms with E-state index in [4.69, 9.17) is 4.42 Å². The van der Waals surface area contributed by atoms with Crippen molar-refractivity contribution in [3.63, 3.8) is 0 Å². The average Bonchev–Trinajstić information content (AvgIpc) is 3.09. The van der Waals surface area contributed by atoms with Gasteiger partial charge in [0, 0.05) is 16.3 Å². The molecule has 0 bridgehead atoms. The molecule has 0 unspecified atom stereocenters. The Balaban J connectivity index is 1.62. The smallest absolute Gasteiger partial charge is 0.349 e. The second-order valence-corrected chi connectivity index (χ2v) is 6.65. The second kappa shape index (κ2) is 6.57. The minimum Gasteiger partial charge on any atom is -0.422 e. The van der Waals surface area contributed by atoms with E-state index in [-0.39, 0.29) is 5.56 Å². The number of thiazole rings is 1. The highest BCUT2D eigenvalue weighted by Crippen LogP contribution is 2.27. The average molecular weight is 362 g/mol. The molecule has 0 saturated carbocycles. The lowest BCUT2D eigenvalue weighted by molar-refractivity contribution is 0.102. The Hall–Kier alpha value is -3.25. The summed E-state index contributed by atoms with van der Waals surface area (Å²) in [5, 5.41) is 5.68. The molecule has 0 saturated heterocycles. The Kier molecular flexibility index (Phi) is 4.10. The molecule has 2 heterocycles. The van der Waals surface area contributed by atoms with Crippen LogP contribution in [0.4, 0.5) is 5.13 Å². The third-order valence-electron chi connectivity index (χ3n) is 4.03.